The van der Waals surface area contributed by atoms with Crippen LogP contribution in [-0.4, -0.2) is 33.8 Å². The summed E-state index contributed by atoms with van der Waals surface area (Å²) in [6, 6.07) is 12.5. The lowest BCUT2D eigenvalue weighted by atomic mass is 9.87. The van der Waals surface area contributed by atoms with Gasteiger partial charge in [0.2, 0.25) is 5.95 Å². The number of allylic oxidation sites excluding steroid dienone is 1. The molecule has 0 saturated carbocycles. The van der Waals surface area contributed by atoms with Crippen molar-refractivity contribution in [2.75, 3.05) is 12.4 Å². The van der Waals surface area contributed by atoms with Crippen molar-refractivity contribution in [1.29, 1.82) is 5.41 Å². The van der Waals surface area contributed by atoms with Gasteiger partial charge in [-0.25, -0.2) is 14.8 Å². The number of carbonyl (C=O) groups is 1. The minimum Gasteiger partial charge on any atom is -0.478 e. The lowest BCUT2D eigenvalue weighted by Crippen LogP contribution is -2.20. The molecular weight excluding hydrogens is 426 g/mol. The summed E-state index contributed by atoms with van der Waals surface area (Å²) in [7, 11) is 1.85. The second-order valence-corrected chi connectivity index (χ2v) is 7.89. The van der Waals surface area contributed by atoms with Crippen LogP contribution in [-0.2, 0) is 6.42 Å². The fraction of sp³-hybridized carbons (Fsp3) is 0.167. The lowest BCUT2D eigenvalue weighted by molar-refractivity contribution is 0.0697. The molecule has 1 aliphatic rings. The summed E-state index contributed by atoms with van der Waals surface area (Å²) in [5.41, 5.74) is 6.50. The zero-order valence-corrected chi connectivity index (χ0v) is 18.4. The Labute approximate surface area is 190 Å². The van der Waals surface area contributed by atoms with Gasteiger partial charge in [-0.1, -0.05) is 35.9 Å². The van der Waals surface area contributed by atoms with Crippen LogP contribution in [0.4, 0.5) is 11.6 Å². The summed E-state index contributed by atoms with van der Waals surface area (Å²) >= 11 is 6.25. The molecule has 32 heavy (non-hydrogen) atoms. The Morgan fingerprint density at radius 1 is 1.19 bits per heavy atom. The van der Waals surface area contributed by atoms with Crippen molar-refractivity contribution in [3.8, 4) is 0 Å². The summed E-state index contributed by atoms with van der Waals surface area (Å²) in [4.78, 5) is 20.3. The van der Waals surface area contributed by atoms with Crippen LogP contribution in [0.1, 0.15) is 39.2 Å². The third kappa shape index (κ3) is 4.07. The number of hydrogen-bond donors (Lipinski definition) is 4. The predicted octanol–water partition coefficient (Wildman–Crippen LogP) is 4.93. The first-order valence-electron chi connectivity index (χ1n) is 10.1. The quantitative estimate of drug-likeness (QED) is 0.441. The number of nitrogens with zero attached hydrogens (tertiary/aromatic N) is 2. The minimum atomic E-state index is -1.05. The fourth-order valence-corrected chi connectivity index (χ4v) is 4.01. The van der Waals surface area contributed by atoms with E-state index in [1.165, 1.54) is 12.1 Å². The maximum absolute atomic E-state index is 11.1. The summed E-state index contributed by atoms with van der Waals surface area (Å²) in [6.07, 6.45) is 3.07. The highest BCUT2D eigenvalue weighted by Crippen LogP contribution is 2.34. The van der Waals surface area contributed by atoms with E-state index in [1.54, 1.807) is 12.3 Å². The van der Waals surface area contributed by atoms with Gasteiger partial charge in [-0.3, -0.25) is 0 Å². The van der Waals surface area contributed by atoms with Gasteiger partial charge < -0.3 is 21.1 Å². The number of halogens is 1. The minimum absolute atomic E-state index is 0.0995. The molecule has 1 heterocycles. The molecule has 0 fully saturated rings. The van der Waals surface area contributed by atoms with Crippen molar-refractivity contribution in [1.82, 2.24) is 15.3 Å². The van der Waals surface area contributed by atoms with E-state index in [4.69, 9.17) is 27.1 Å². The lowest BCUT2D eigenvalue weighted by Gasteiger charge is -2.24. The Kier molecular flexibility index (Phi) is 5.92. The maximum atomic E-state index is 11.1. The number of anilines is 2. The molecule has 0 amide bonds. The van der Waals surface area contributed by atoms with E-state index in [0.717, 1.165) is 28.0 Å². The van der Waals surface area contributed by atoms with E-state index in [9.17, 15) is 4.79 Å². The average molecular weight is 448 g/mol. The number of rotatable bonds is 5. The van der Waals surface area contributed by atoms with E-state index in [2.05, 4.69) is 15.6 Å². The van der Waals surface area contributed by atoms with Crippen LogP contribution in [0.25, 0.3) is 11.3 Å². The van der Waals surface area contributed by atoms with Crippen LogP contribution >= 0.6 is 11.6 Å². The molecule has 0 saturated heterocycles. The number of carboxylic acids is 1. The van der Waals surface area contributed by atoms with Crippen LogP contribution in [0, 0.1) is 12.3 Å². The monoisotopic (exact) mass is 447 g/mol. The largest absolute Gasteiger partial charge is 0.478 e. The number of carboxylic acid groups (broad SMARTS) is 1. The highest BCUT2D eigenvalue weighted by Gasteiger charge is 2.26. The summed E-state index contributed by atoms with van der Waals surface area (Å²) in [5.74, 6) is -0.728. The summed E-state index contributed by atoms with van der Waals surface area (Å²) in [5, 5.41) is 24.4. The zero-order valence-electron chi connectivity index (χ0n) is 17.7. The van der Waals surface area contributed by atoms with Crippen LogP contribution in [0.2, 0.25) is 5.02 Å². The number of fused-ring (bicyclic) bond motifs is 1. The summed E-state index contributed by atoms with van der Waals surface area (Å²) < 4.78 is 0. The molecule has 162 valence electrons. The Balaban J connectivity index is 1.80. The van der Waals surface area contributed by atoms with Crippen molar-refractivity contribution in [3.63, 3.8) is 0 Å². The van der Waals surface area contributed by atoms with E-state index in [0.29, 0.717) is 35.9 Å². The first kappa shape index (κ1) is 21.5. The van der Waals surface area contributed by atoms with E-state index >= 15 is 0 Å². The second kappa shape index (κ2) is 8.80. The number of hydrogen-bond acceptors (Lipinski definition) is 6. The Morgan fingerprint density at radius 3 is 2.66 bits per heavy atom. The molecule has 4 N–H and O–H groups in total. The first-order chi connectivity index (χ1) is 15.4. The third-order valence-corrected chi connectivity index (χ3v) is 5.74. The fourth-order valence-electron chi connectivity index (χ4n) is 3.78. The van der Waals surface area contributed by atoms with E-state index < -0.39 is 5.97 Å². The van der Waals surface area contributed by atoms with E-state index in [-0.39, 0.29) is 10.6 Å². The molecule has 0 unspecified atom stereocenters. The van der Waals surface area contributed by atoms with Gasteiger partial charge in [0.1, 0.15) is 0 Å². The van der Waals surface area contributed by atoms with Crippen LogP contribution in [0.5, 0.6) is 0 Å². The van der Waals surface area contributed by atoms with Crippen molar-refractivity contribution in [3.05, 3.63) is 81.6 Å². The number of aromatic carboxylic acids is 1. The number of aromatic nitrogens is 2. The summed E-state index contributed by atoms with van der Waals surface area (Å²) in [6.45, 7) is 2.04. The SMILES string of the molecule is CN/C(=C1\C(=N)CCc2cnc(Nc3ccc(C(=O)O)cc3Cl)nc21)c1ccccc1C. The van der Waals surface area contributed by atoms with Gasteiger partial charge >= 0.3 is 5.97 Å². The van der Waals surface area contributed by atoms with Crippen molar-refractivity contribution in [2.24, 2.45) is 0 Å². The Hall–Kier alpha value is -3.71. The zero-order chi connectivity index (χ0) is 22.8. The number of aryl methyl sites for hydroxylation is 2. The topological polar surface area (TPSA) is 111 Å². The normalized spacial score (nSPS) is 14.5. The Bertz CT molecular complexity index is 1270. The molecule has 0 aliphatic heterocycles. The van der Waals surface area contributed by atoms with Gasteiger partial charge in [-0.05, 0) is 49.1 Å². The molecule has 1 aromatic heterocycles. The van der Waals surface area contributed by atoms with Crippen molar-refractivity contribution < 1.29 is 9.90 Å². The molecule has 0 radical (unpaired) electrons. The molecular formula is C24H22ClN5O2. The third-order valence-electron chi connectivity index (χ3n) is 5.42. The molecule has 7 nitrogen and oxygen atoms in total. The highest BCUT2D eigenvalue weighted by atomic mass is 35.5. The van der Waals surface area contributed by atoms with Gasteiger partial charge in [0.15, 0.2) is 0 Å². The highest BCUT2D eigenvalue weighted by molar-refractivity contribution is 6.33. The second-order valence-electron chi connectivity index (χ2n) is 7.49. The smallest absolute Gasteiger partial charge is 0.335 e. The van der Waals surface area contributed by atoms with Crippen LogP contribution < -0.4 is 10.6 Å². The maximum Gasteiger partial charge on any atom is 0.335 e. The first-order valence-corrected chi connectivity index (χ1v) is 10.5. The standard InChI is InChI=1S/C24H22ClN5O2/c1-13-5-3-4-6-16(13)22(27-2)20-18(26)9-7-15-12-28-24(30-21(15)20)29-19-10-8-14(23(31)32)11-17(19)25/h3-6,8,10-12,26-27H,7,9H2,1-2H3,(H,31,32)(H,28,29,30)/b22-20+,26-18?. The predicted molar refractivity (Wildman–Crippen MR) is 127 cm³/mol. The number of benzene rings is 2. The van der Waals surface area contributed by atoms with Gasteiger partial charge in [0, 0.05) is 30.1 Å². The van der Waals surface area contributed by atoms with E-state index in [1.807, 2.05) is 38.2 Å². The molecule has 0 atom stereocenters. The molecule has 8 heteroatoms. The number of nitrogens with one attached hydrogen (secondary N) is 3. The average Bonchev–Trinajstić information content (AvgIpc) is 2.78. The molecule has 2 aromatic carbocycles. The van der Waals surface area contributed by atoms with Crippen molar-refractivity contribution in [2.45, 2.75) is 19.8 Å². The molecule has 4 rings (SSSR count). The molecule has 3 aromatic rings. The molecule has 0 bridgehead atoms. The van der Waals surface area contributed by atoms with Gasteiger partial charge in [-0.2, -0.15) is 0 Å². The van der Waals surface area contributed by atoms with Crippen LogP contribution in [0.3, 0.4) is 0 Å². The van der Waals surface area contributed by atoms with Gasteiger partial charge in [0.25, 0.3) is 0 Å². The Morgan fingerprint density at radius 2 is 1.97 bits per heavy atom. The van der Waals surface area contributed by atoms with Gasteiger partial charge in [0.05, 0.1) is 27.7 Å². The molecule has 1 aliphatic carbocycles. The molecule has 0 spiro atoms. The van der Waals surface area contributed by atoms with Crippen LogP contribution in [0.15, 0.2) is 48.7 Å². The van der Waals surface area contributed by atoms with Gasteiger partial charge in [-0.15, -0.1) is 0 Å². The van der Waals surface area contributed by atoms with Crippen molar-refractivity contribution >= 4 is 46.2 Å².